The van der Waals surface area contributed by atoms with E-state index in [1.54, 1.807) is 42.5 Å². The standard InChI is InChI=1S/C19H17ClN2O4S/c1-26-16-7-6-12(20)10-15(16)21-17(23)11-27-9-8-22-18(24)13-4-2-3-5-14(13)19(22)25/h2-7,10H,8-9,11H2,1H3,(H,21,23). The minimum absolute atomic E-state index is 0.179. The maximum absolute atomic E-state index is 12.3. The lowest BCUT2D eigenvalue weighted by molar-refractivity contribution is -0.113. The quantitative estimate of drug-likeness (QED) is 0.566. The van der Waals surface area contributed by atoms with Crippen molar-refractivity contribution in [2.75, 3.05) is 30.5 Å². The van der Waals surface area contributed by atoms with E-state index in [0.717, 1.165) is 0 Å². The minimum atomic E-state index is -0.288. The Labute approximate surface area is 165 Å². The molecule has 1 N–H and O–H groups in total. The molecule has 2 aromatic rings. The van der Waals surface area contributed by atoms with Gasteiger partial charge in [-0.25, -0.2) is 0 Å². The zero-order valence-corrected chi connectivity index (χ0v) is 16.1. The maximum Gasteiger partial charge on any atom is 0.261 e. The number of amides is 3. The van der Waals surface area contributed by atoms with Crippen LogP contribution in [-0.2, 0) is 4.79 Å². The number of fused-ring (bicyclic) bond motifs is 1. The molecule has 3 rings (SSSR count). The lowest BCUT2D eigenvalue weighted by atomic mass is 10.1. The van der Waals surface area contributed by atoms with Crippen LogP contribution in [0, 0.1) is 0 Å². The topological polar surface area (TPSA) is 75.7 Å². The van der Waals surface area contributed by atoms with Gasteiger partial charge >= 0.3 is 0 Å². The van der Waals surface area contributed by atoms with Crippen molar-refractivity contribution in [3.63, 3.8) is 0 Å². The first-order valence-corrected chi connectivity index (χ1v) is 9.71. The molecule has 0 unspecified atom stereocenters. The van der Waals surface area contributed by atoms with E-state index < -0.39 is 0 Å². The molecule has 0 aromatic heterocycles. The molecule has 1 heterocycles. The first-order chi connectivity index (χ1) is 13.0. The monoisotopic (exact) mass is 404 g/mol. The lowest BCUT2D eigenvalue weighted by Crippen LogP contribution is -2.32. The van der Waals surface area contributed by atoms with Crippen LogP contribution >= 0.6 is 23.4 Å². The molecule has 0 spiro atoms. The predicted octanol–water partition coefficient (Wildman–Crippen LogP) is 3.32. The number of nitrogens with one attached hydrogen (secondary N) is 1. The molecule has 3 amide bonds. The molecule has 0 aliphatic carbocycles. The highest BCUT2D eigenvalue weighted by Gasteiger charge is 2.34. The van der Waals surface area contributed by atoms with Gasteiger partial charge in [0.25, 0.3) is 11.8 Å². The molecule has 0 saturated carbocycles. The SMILES string of the molecule is COc1ccc(Cl)cc1NC(=O)CSCCN1C(=O)c2ccccc2C1=O. The van der Waals surface area contributed by atoms with Crippen molar-refractivity contribution in [3.05, 3.63) is 58.6 Å². The molecule has 8 heteroatoms. The normalized spacial score (nSPS) is 12.9. The van der Waals surface area contributed by atoms with Gasteiger partial charge < -0.3 is 10.1 Å². The Morgan fingerprint density at radius 2 is 1.81 bits per heavy atom. The third-order valence-corrected chi connectivity index (χ3v) is 5.18. The largest absolute Gasteiger partial charge is 0.495 e. The van der Waals surface area contributed by atoms with E-state index >= 15 is 0 Å². The van der Waals surface area contributed by atoms with Crippen LogP contribution in [0.25, 0.3) is 0 Å². The fourth-order valence-electron chi connectivity index (χ4n) is 2.73. The molecular formula is C19H17ClN2O4S. The molecule has 0 bridgehead atoms. The summed E-state index contributed by atoms with van der Waals surface area (Å²) < 4.78 is 5.19. The number of methoxy groups -OCH3 is 1. The third kappa shape index (κ3) is 4.26. The van der Waals surface area contributed by atoms with Gasteiger partial charge in [0.05, 0.1) is 29.7 Å². The Hall–Kier alpha value is -2.51. The number of hydrogen-bond acceptors (Lipinski definition) is 5. The van der Waals surface area contributed by atoms with Crippen molar-refractivity contribution in [2.24, 2.45) is 0 Å². The Bertz CT molecular complexity index is 868. The number of carbonyl (C=O) groups is 3. The second-order valence-corrected chi connectivity index (χ2v) is 7.29. The van der Waals surface area contributed by atoms with Crippen LogP contribution in [0.3, 0.4) is 0 Å². The van der Waals surface area contributed by atoms with E-state index in [0.29, 0.717) is 33.3 Å². The number of carbonyl (C=O) groups excluding carboxylic acids is 3. The molecule has 1 aliphatic heterocycles. The molecule has 0 radical (unpaired) electrons. The van der Waals surface area contributed by atoms with Gasteiger partial charge in [-0.15, -0.1) is 0 Å². The first-order valence-electron chi connectivity index (χ1n) is 8.17. The summed E-state index contributed by atoms with van der Waals surface area (Å²) in [6.45, 7) is 0.255. The highest BCUT2D eigenvalue weighted by Crippen LogP contribution is 2.28. The molecule has 27 heavy (non-hydrogen) atoms. The van der Waals surface area contributed by atoms with E-state index in [1.807, 2.05) is 0 Å². The second-order valence-electron chi connectivity index (χ2n) is 5.75. The van der Waals surface area contributed by atoms with Gasteiger partial charge in [0.15, 0.2) is 0 Å². The molecule has 0 saturated heterocycles. The molecule has 2 aromatic carbocycles. The average Bonchev–Trinajstić information content (AvgIpc) is 2.90. The molecule has 0 atom stereocenters. The maximum atomic E-state index is 12.3. The van der Waals surface area contributed by atoms with E-state index in [9.17, 15) is 14.4 Å². The van der Waals surface area contributed by atoms with E-state index in [1.165, 1.54) is 23.8 Å². The highest BCUT2D eigenvalue weighted by atomic mass is 35.5. The van der Waals surface area contributed by atoms with Crippen LogP contribution in [0.2, 0.25) is 5.02 Å². The number of thioether (sulfide) groups is 1. The fraction of sp³-hybridized carbons (Fsp3) is 0.211. The van der Waals surface area contributed by atoms with Crippen LogP contribution in [0.15, 0.2) is 42.5 Å². The van der Waals surface area contributed by atoms with Gasteiger partial charge in [0.1, 0.15) is 5.75 Å². The lowest BCUT2D eigenvalue weighted by Gasteiger charge is -2.13. The predicted molar refractivity (Wildman–Crippen MR) is 106 cm³/mol. The van der Waals surface area contributed by atoms with Gasteiger partial charge in [0, 0.05) is 17.3 Å². The summed E-state index contributed by atoms with van der Waals surface area (Å²) in [6.07, 6.45) is 0. The highest BCUT2D eigenvalue weighted by molar-refractivity contribution is 7.99. The van der Waals surface area contributed by atoms with E-state index in [2.05, 4.69) is 5.32 Å². The number of ether oxygens (including phenoxy) is 1. The van der Waals surface area contributed by atoms with Crippen LogP contribution in [-0.4, -0.2) is 47.8 Å². The summed E-state index contributed by atoms with van der Waals surface area (Å²) in [5, 5.41) is 3.24. The van der Waals surface area contributed by atoms with Crippen LogP contribution in [0.5, 0.6) is 5.75 Å². The fourth-order valence-corrected chi connectivity index (χ4v) is 3.61. The Morgan fingerprint density at radius 3 is 2.44 bits per heavy atom. The van der Waals surface area contributed by atoms with Crippen LogP contribution < -0.4 is 10.1 Å². The minimum Gasteiger partial charge on any atom is -0.495 e. The van der Waals surface area contributed by atoms with Crippen molar-refractivity contribution in [1.82, 2.24) is 4.90 Å². The molecular weight excluding hydrogens is 388 g/mol. The molecule has 1 aliphatic rings. The number of hydrogen-bond donors (Lipinski definition) is 1. The van der Waals surface area contributed by atoms with Crippen molar-refractivity contribution in [3.8, 4) is 5.75 Å². The molecule has 140 valence electrons. The van der Waals surface area contributed by atoms with E-state index in [-0.39, 0.29) is 30.0 Å². The van der Waals surface area contributed by atoms with Crippen molar-refractivity contribution >= 4 is 46.8 Å². The van der Waals surface area contributed by atoms with Crippen LogP contribution in [0.1, 0.15) is 20.7 Å². The third-order valence-electron chi connectivity index (χ3n) is 4.01. The van der Waals surface area contributed by atoms with Crippen molar-refractivity contribution < 1.29 is 19.1 Å². The average molecular weight is 405 g/mol. The van der Waals surface area contributed by atoms with Gasteiger partial charge in [-0.3, -0.25) is 19.3 Å². The van der Waals surface area contributed by atoms with Crippen molar-refractivity contribution in [2.45, 2.75) is 0 Å². The van der Waals surface area contributed by atoms with Gasteiger partial charge in [-0.2, -0.15) is 11.8 Å². The van der Waals surface area contributed by atoms with Crippen LogP contribution in [0.4, 0.5) is 5.69 Å². The number of nitrogens with zero attached hydrogens (tertiary/aromatic N) is 1. The van der Waals surface area contributed by atoms with Gasteiger partial charge in [-0.05, 0) is 30.3 Å². The number of imide groups is 1. The number of halogens is 1. The molecule has 0 fully saturated rings. The summed E-state index contributed by atoms with van der Waals surface area (Å²) in [4.78, 5) is 37.9. The smallest absolute Gasteiger partial charge is 0.261 e. The summed E-state index contributed by atoms with van der Waals surface area (Å²) in [5.74, 6) is 0.366. The van der Waals surface area contributed by atoms with Gasteiger partial charge in [-0.1, -0.05) is 23.7 Å². The van der Waals surface area contributed by atoms with Crippen molar-refractivity contribution in [1.29, 1.82) is 0 Å². The summed E-state index contributed by atoms with van der Waals surface area (Å²) >= 11 is 7.28. The number of benzene rings is 2. The zero-order valence-electron chi connectivity index (χ0n) is 14.5. The Kier molecular flexibility index (Phi) is 6.03. The van der Waals surface area contributed by atoms with Gasteiger partial charge in [0.2, 0.25) is 5.91 Å². The molecule has 6 nitrogen and oxygen atoms in total. The second kappa shape index (κ2) is 8.45. The first kappa shape index (κ1) is 19.3. The Morgan fingerprint density at radius 1 is 1.15 bits per heavy atom. The summed E-state index contributed by atoms with van der Waals surface area (Å²) in [5.41, 5.74) is 1.35. The number of anilines is 1. The number of rotatable bonds is 7. The summed E-state index contributed by atoms with van der Waals surface area (Å²) in [6, 6.07) is 11.7. The van der Waals surface area contributed by atoms with E-state index in [4.69, 9.17) is 16.3 Å². The zero-order chi connectivity index (χ0) is 19.4. The summed E-state index contributed by atoms with van der Waals surface area (Å²) in [7, 11) is 1.51. The Balaban J connectivity index is 1.48.